The van der Waals surface area contributed by atoms with Crippen LogP contribution in [-0.4, -0.2) is 20.8 Å². The van der Waals surface area contributed by atoms with Crippen molar-refractivity contribution >= 4 is 0 Å². The van der Waals surface area contributed by atoms with Gasteiger partial charge >= 0.3 is 0 Å². The van der Waals surface area contributed by atoms with Crippen LogP contribution in [0.5, 0.6) is 0 Å². The molecule has 1 aliphatic carbocycles. The Kier molecular flexibility index (Phi) is 3.93. The number of rotatable bonds is 3. The molecule has 2 atom stereocenters. The van der Waals surface area contributed by atoms with Crippen LogP contribution in [0.3, 0.4) is 0 Å². The van der Waals surface area contributed by atoms with Gasteiger partial charge in [0.1, 0.15) is 12.2 Å². The SMILES string of the molecule is CCn1ncnc1CC1CCCCCC1N. The van der Waals surface area contributed by atoms with Gasteiger partial charge in [-0.2, -0.15) is 5.10 Å². The van der Waals surface area contributed by atoms with Crippen molar-refractivity contribution < 1.29 is 0 Å². The maximum Gasteiger partial charge on any atom is 0.138 e. The summed E-state index contributed by atoms with van der Waals surface area (Å²) in [5.74, 6) is 1.70. The van der Waals surface area contributed by atoms with Gasteiger partial charge in [0.25, 0.3) is 0 Å². The van der Waals surface area contributed by atoms with Crippen LogP contribution in [-0.2, 0) is 13.0 Å². The predicted octanol–water partition coefficient (Wildman–Crippen LogP) is 1.75. The van der Waals surface area contributed by atoms with Gasteiger partial charge in [0, 0.05) is 19.0 Å². The van der Waals surface area contributed by atoms with Crippen molar-refractivity contribution in [1.82, 2.24) is 14.8 Å². The molecule has 0 aliphatic heterocycles. The molecule has 1 aromatic rings. The molecular formula is C12H22N4. The van der Waals surface area contributed by atoms with Crippen LogP contribution in [0.2, 0.25) is 0 Å². The van der Waals surface area contributed by atoms with E-state index in [0.29, 0.717) is 12.0 Å². The third kappa shape index (κ3) is 2.61. The third-order valence-electron chi connectivity index (χ3n) is 3.66. The highest BCUT2D eigenvalue weighted by Gasteiger charge is 2.22. The van der Waals surface area contributed by atoms with Crippen molar-refractivity contribution in [2.75, 3.05) is 0 Å². The standard InChI is InChI=1S/C12H22N4/c1-2-16-12(14-9-15-16)8-10-6-4-3-5-7-11(10)13/h9-11H,2-8,13H2,1H3. The van der Waals surface area contributed by atoms with Crippen molar-refractivity contribution in [1.29, 1.82) is 0 Å². The van der Waals surface area contributed by atoms with E-state index in [1.165, 1.54) is 32.1 Å². The Morgan fingerprint density at radius 3 is 3.00 bits per heavy atom. The summed E-state index contributed by atoms with van der Waals surface area (Å²) in [7, 11) is 0. The fraction of sp³-hybridized carbons (Fsp3) is 0.833. The number of hydrogen-bond acceptors (Lipinski definition) is 3. The van der Waals surface area contributed by atoms with Crippen LogP contribution < -0.4 is 5.73 Å². The Hall–Kier alpha value is -0.900. The summed E-state index contributed by atoms with van der Waals surface area (Å²) in [6, 6.07) is 0.351. The molecule has 2 unspecified atom stereocenters. The Bertz CT molecular complexity index is 321. The van der Waals surface area contributed by atoms with Crippen LogP contribution >= 0.6 is 0 Å². The molecule has 2 N–H and O–H groups in total. The van der Waals surface area contributed by atoms with E-state index < -0.39 is 0 Å². The van der Waals surface area contributed by atoms with Gasteiger partial charge in [0.05, 0.1) is 0 Å². The molecule has 16 heavy (non-hydrogen) atoms. The fourth-order valence-corrected chi connectivity index (χ4v) is 2.61. The van der Waals surface area contributed by atoms with Crippen molar-refractivity contribution in [2.24, 2.45) is 11.7 Å². The zero-order valence-electron chi connectivity index (χ0n) is 10.1. The average molecular weight is 222 g/mol. The van der Waals surface area contributed by atoms with E-state index in [9.17, 15) is 0 Å². The number of aryl methyl sites for hydroxylation is 1. The lowest BCUT2D eigenvalue weighted by molar-refractivity contribution is 0.380. The van der Waals surface area contributed by atoms with E-state index >= 15 is 0 Å². The first kappa shape index (κ1) is 11.6. The summed E-state index contributed by atoms with van der Waals surface area (Å²) < 4.78 is 1.98. The van der Waals surface area contributed by atoms with Crippen LogP contribution in [0.1, 0.15) is 44.9 Å². The zero-order chi connectivity index (χ0) is 11.4. The van der Waals surface area contributed by atoms with Crippen LogP contribution in [0.4, 0.5) is 0 Å². The summed E-state index contributed by atoms with van der Waals surface area (Å²) in [6.45, 7) is 3.00. The summed E-state index contributed by atoms with van der Waals surface area (Å²) in [6.07, 6.45) is 9.01. The molecule has 0 amide bonds. The first-order valence-electron chi connectivity index (χ1n) is 6.43. The molecule has 1 fully saturated rings. The topological polar surface area (TPSA) is 56.7 Å². The third-order valence-corrected chi connectivity index (χ3v) is 3.66. The molecule has 0 spiro atoms. The van der Waals surface area contributed by atoms with Crippen molar-refractivity contribution in [3.05, 3.63) is 12.2 Å². The largest absolute Gasteiger partial charge is 0.327 e. The molecule has 0 saturated heterocycles. The molecule has 1 aliphatic rings. The molecule has 4 nitrogen and oxygen atoms in total. The van der Waals surface area contributed by atoms with E-state index in [1.54, 1.807) is 6.33 Å². The minimum atomic E-state index is 0.351. The number of aromatic nitrogens is 3. The summed E-state index contributed by atoms with van der Waals surface area (Å²) in [5.41, 5.74) is 6.23. The van der Waals surface area contributed by atoms with E-state index in [2.05, 4.69) is 17.0 Å². The summed E-state index contributed by atoms with van der Waals surface area (Å²) in [4.78, 5) is 4.34. The lowest BCUT2D eigenvalue weighted by atomic mass is 9.92. The van der Waals surface area contributed by atoms with Gasteiger partial charge in [-0.1, -0.05) is 19.3 Å². The molecule has 0 radical (unpaired) electrons. The van der Waals surface area contributed by atoms with Crippen LogP contribution in [0.25, 0.3) is 0 Å². The van der Waals surface area contributed by atoms with Crippen LogP contribution in [0, 0.1) is 5.92 Å². The van der Waals surface area contributed by atoms with Gasteiger partial charge in [-0.25, -0.2) is 4.98 Å². The van der Waals surface area contributed by atoms with Crippen molar-refractivity contribution in [3.8, 4) is 0 Å². The number of nitrogens with zero attached hydrogens (tertiary/aromatic N) is 3. The summed E-state index contributed by atoms with van der Waals surface area (Å²) >= 11 is 0. The Balaban J connectivity index is 2.01. The normalized spacial score (nSPS) is 26.6. The monoisotopic (exact) mass is 222 g/mol. The average Bonchev–Trinajstić information content (AvgIpc) is 2.64. The molecule has 1 heterocycles. The van der Waals surface area contributed by atoms with Gasteiger partial charge in [-0.3, -0.25) is 4.68 Å². The lowest BCUT2D eigenvalue weighted by Crippen LogP contribution is -2.31. The molecule has 1 saturated carbocycles. The highest BCUT2D eigenvalue weighted by molar-refractivity contribution is 4.91. The lowest BCUT2D eigenvalue weighted by Gasteiger charge is -2.20. The number of nitrogens with two attached hydrogens (primary N) is 1. The molecule has 1 aromatic heterocycles. The Morgan fingerprint density at radius 2 is 2.19 bits per heavy atom. The Labute approximate surface area is 97.2 Å². The number of hydrogen-bond donors (Lipinski definition) is 1. The summed E-state index contributed by atoms with van der Waals surface area (Å²) in [5, 5.41) is 4.21. The fourth-order valence-electron chi connectivity index (χ4n) is 2.61. The van der Waals surface area contributed by atoms with E-state index in [1.807, 2.05) is 4.68 Å². The quantitative estimate of drug-likeness (QED) is 0.793. The van der Waals surface area contributed by atoms with Gasteiger partial charge in [-0.05, 0) is 25.7 Å². The van der Waals surface area contributed by atoms with E-state index in [0.717, 1.165) is 18.8 Å². The molecule has 0 aromatic carbocycles. The predicted molar refractivity (Wildman–Crippen MR) is 64.0 cm³/mol. The minimum Gasteiger partial charge on any atom is -0.327 e. The molecule has 90 valence electrons. The van der Waals surface area contributed by atoms with Crippen molar-refractivity contribution in [3.63, 3.8) is 0 Å². The van der Waals surface area contributed by atoms with Crippen molar-refractivity contribution in [2.45, 2.75) is 58.0 Å². The molecular weight excluding hydrogens is 200 g/mol. The maximum atomic E-state index is 6.23. The van der Waals surface area contributed by atoms with Gasteiger partial charge in [0.2, 0.25) is 0 Å². The van der Waals surface area contributed by atoms with E-state index in [-0.39, 0.29) is 0 Å². The molecule has 2 rings (SSSR count). The molecule has 4 heteroatoms. The highest BCUT2D eigenvalue weighted by atomic mass is 15.3. The van der Waals surface area contributed by atoms with Gasteiger partial charge < -0.3 is 5.73 Å². The van der Waals surface area contributed by atoms with Gasteiger partial charge in [-0.15, -0.1) is 0 Å². The Morgan fingerprint density at radius 1 is 1.38 bits per heavy atom. The van der Waals surface area contributed by atoms with Gasteiger partial charge in [0.15, 0.2) is 0 Å². The maximum absolute atomic E-state index is 6.23. The highest BCUT2D eigenvalue weighted by Crippen LogP contribution is 2.24. The zero-order valence-corrected chi connectivity index (χ0v) is 10.1. The van der Waals surface area contributed by atoms with E-state index in [4.69, 9.17) is 5.73 Å². The smallest absolute Gasteiger partial charge is 0.138 e. The van der Waals surface area contributed by atoms with Crippen LogP contribution in [0.15, 0.2) is 6.33 Å². The first-order valence-corrected chi connectivity index (χ1v) is 6.43. The second-order valence-corrected chi connectivity index (χ2v) is 4.76. The molecule has 0 bridgehead atoms. The minimum absolute atomic E-state index is 0.351. The first-order chi connectivity index (χ1) is 7.81. The second-order valence-electron chi connectivity index (χ2n) is 4.76. The second kappa shape index (κ2) is 5.43.